The maximum atomic E-state index is 5.87. The molecule has 1 atom stereocenters. The Labute approximate surface area is 125 Å². The maximum absolute atomic E-state index is 5.87. The highest BCUT2D eigenvalue weighted by Crippen LogP contribution is 2.18. The largest absolute Gasteiger partial charge is 0.489 e. The van der Waals surface area contributed by atoms with E-state index < -0.39 is 0 Å². The molecular formula is C17H20ClNO. The summed E-state index contributed by atoms with van der Waals surface area (Å²) in [7, 11) is 0. The summed E-state index contributed by atoms with van der Waals surface area (Å²) in [6, 6.07) is 17.9. The molecular weight excluding hydrogens is 270 g/mol. The Morgan fingerprint density at radius 3 is 2.35 bits per heavy atom. The van der Waals surface area contributed by atoms with Crippen molar-refractivity contribution in [3.63, 3.8) is 0 Å². The second-order valence-electron chi connectivity index (χ2n) is 4.81. The van der Waals surface area contributed by atoms with E-state index in [4.69, 9.17) is 22.1 Å². The Morgan fingerprint density at radius 1 is 1.00 bits per heavy atom. The quantitative estimate of drug-likeness (QED) is 0.834. The minimum Gasteiger partial charge on any atom is -0.489 e. The Kier molecular flexibility index (Phi) is 5.90. The minimum atomic E-state index is 0.0555. The van der Waals surface area contributed by atoms with Gasteiger partial charge in [0, 0.05) is 11.6 Å². The van der Waals surface area contributed by atoms with Crippen LogP contribution < -0.4 is 10.5 Å². The van der Waals surface area contributed by atoms with Gasteiger partial charge in [-0.2, -0.15) is 0 Å². The van der Waals surface area contributed by atoms with Crippen LogP contribution in [0, 0.1) is 0 Å². The van der Waals surface area contributed by atoms with Gasteiger partial charge in [0.2, 0.25) is 0 Å². The van der Waals surface area contributed by atoms with Gasteiger partial charge in [0.05, 0.1) is 0 Å². The highest BCUT2D eigenvalue weighted by molar-refractivity contribution is 6.30. The fourth-order valence-corrected chi connectivity index (χ4v) is 2.24. The summed E-state index contributed by atoms with van der Waals surface area (Å²) in [6.07, 6.45) is 3.13. The summed E-state index contributed by atoms with van der Waals surface area (Å²) in [5.74, 6) is 0.824. The zero-order chi connectivity index (χ0) is 14.2. The van der Waals surface area contributed by atoms with Crippen LogP contribution in [0.3, 0.4) is 0 Å². The molecule has 0 bridgehead atoms. The molecule has 0 aliphatic carbocycles. The molecule has 0 saturated carbocycles. The van der Waals surface area contributed by atoms with Crippen LogP contribution in [-0.2, 0) is 6.42 Å². The van der Waals surface area contributed by atoms with Gasteiger partial charge in [0.1, 0.15) is 11.9 Å². The minimum absolute atomic E-state index is 0.0555. The first-order valence-electron chi connectivity index (χ1n) is 6.94. The van der Waals surface area contributed by atoms with Gasteiger partial charge in [0.25, 0.3) is 0 Å². The van der Waals surface area contributed by atoms with Gasteiger partial charge in [-0.25, -0.2) is 0 Å². The predicted molar refractivity (Wildman–Crippen MR) is 84.3 cm³/mol. The Hall–Kier alpha value is -1.51. The summed E-state index contributed by atoms with van der Waals surface area (Å²) in [5, 5.41) is 0.714. The molecule has 0 aliphatic rings. The molecule has 0 radical (unpaired) electrons. The van der Waals surface area contributed by atoms with E-state index in [1.54, 1.807) is 0 Å². The summed E-state index contributed by atoms with van der Waals surface area (Å²) in [6.45, 7) is 0.525. The lowest BCUT2D eigenvalue weighted by Crippen LogP contribution is -2.26. The molecule has 20 heavy (non-hydrogen) atoms. The van der Waals surface area contributed by atoms with Crippen molar-refractivity contribution in [3.8, 4) is 5.75 Å². The smallest absolute Gasteiger partial charge is 0.119 e. The van der Waals surface area contributed by atoms with Crippen LogP contribution in [0.25, 0.3) is 0 Å². The van der Waals surface area contributed by atoms with Gasteiger partial charge < -0.3 is 10.5 Å². The van der Waals surface area contributed by atoms with Crippen LogP contribution in [0.1, 0.15) is 18.4 Å². The fourth-order valence-electron chi connectivity index (χ4n) is 2.11. The van der Waals surface area contributed by atoms with Crippen molar-refractivity contribution < 1.29 is 4.74 Å². The monoisotopic (exact) mass is 289 g/mol. The van der Waals surface area contributed by atoms with Crippen molar-refractivity contribution in [3.05, 3.63) is 65.2 Å². The second-order valence-corrected chi connectivity index (χ2v) is 5.24. The van der Waals surface area contributed by atoms with E-state index in [2.05, 4.69) is 24.3 Å². The molecule has 1 unspecified atom stereocenters. The van der Waals surface area contributed by atoms with E-state index in [0.717, 1.165) is 25.0 Å². The number of hydrogen-bond donors (Lipinski definition) is 1. The molecule has 0 amide bonds. The van der Waals surface area contributed by atoms with Crippen molar-refractivity contribution >= 4 is 11.6 Å². The lowest BCUT2D eigenvalue weighted by molar-refractivity contribution is 0.196. The van der Waals surface area contributed by atoms with Gasteiger partial charge in [-0.15, -0.1) is 0 Å². The maximum Gasteiger partial charge on any atom is 0.119 e. The average molecular weight is 290 g/mol. The van der Waals surface area contributed by atoms with Crippen molar-refractivity contribution in [2.75, 3.05) is 6.54 Å². The topological polar surface area (TPSA) is 35.2 Å². The number of aryl methyl sites for hydroxylation is 1. The first-order chi connectivity index (χ1) is 9.78. The summed E-state index contributed by atoms with van der Waals surface area (Å²) in [4.78, 5) is 0. The van der Waals surface area contributed by atoms with Crippen molar-refractivity contribution in [1.29, 1.82) is 0 Å². The average Bonchev–Trinajstić information content (AvgIpc) is 2.49. The van der Waals surface area contributed by atoms with Crippen LogP contribution in [-0.4, -0.2) is 12.6 Å². The normalized spacial score (nSPS) is 12.1. The van der Waals surface area contributed by atoms with Crippen molar-refractivity contribution in [2.45, 2.75) is 25.4 Å². The van der Waals surface area contributed by atoms with Crippen LogP contribution in [0.5, 0.6) is 5.75 Å². The van der Waals surface area contributed by atoms with Crippen molar-refractivity contribution in [2.24, 2.45) is 5.73 Å². The third kappa shape index (κ3) is 4.87. The molecule has 2 rings (SSSR count). The predicted octanol–water partition coefficient (Wildman–Crippen LogP) is 4.07. The van der Waals surface area contributed by atoms with Gasteiger partial charge in [-0.1, -0.05) is 41.9 Å². The first-order valence-corrected chi connectivity index (χ1v) is 7.32. The van der Waals surface area contributed by atoms with Gasteiger partial charge in [-0.3, -0.25) is 0 Å². The lowest BCUT2D eigenvalue weighted by Gasteiger charge is -2.17. The molecule has 2 nitrogen and oxygen atoms in total. The summed E-state index contributed by atoms with van der Waals surface area (Å²) < 4.78 is 5.87. The summed E-state index contributed by atoms with van der Waals surface area (Å²) in [5.41, 5.74) is 7.14. The number of halogens is 1. The van der Waals surface area contributed by atoms with Crippen molar-refractivity contribution in [1.82, 2.24) is 0 Å². The van der Waals surface area contributed by atoms with Gasteiger partial charge >= 0.3 is 0 Å². The molecule has 2 N–H and O–H groups in total. The highest BCUT2D eigenvalue weighted by atomic mass is 35.5. The Bertz CT molecular complexity index is 498. The van der Waals surface area contributed by atoms with E-state index in [1.807, 2.05) is 30.3 Å². The van der Waals surface area contributed by atoms with Crippen LogP contribution in [0.4, 0.5) is 0 Å². The van der Waals surface area contributed by atoms with Crippen LogP contribution in [0.2, 0.25) is 5.02 Å². The lowest BCUT2D eigenvalue weighted by atomic mass is 10.1. The molecule has 106 valence electrons. The molecule has 0 saturated heterocycles. The number of hydrogen-bond acceptors (Lipinski definition) is 2. The SMILES string of the molecule is NCC(CCCc1ccccc1)Oc1ccc(Cl)cc1. The van der Waals surface area contributed by atoms with E-state index in [0.29, 0.717) is 11.6 Å². The van der Waals surface area contributed by atoms with E-state index in [9.17, 15) is 0 Å². The third-order valence-corrected chi connectivity index (χ3v) is 3.47. The summed E-state index contributed by atoms with van der Waals surface area (Å²) >= 11 is 5.85. The molecule has 0 aliphatic heterocycles. The first kappa shape index (κ1) is 14.9. The molecule has 0 heterocycles. The third-order valence-electron chi connectivity index (χ3n) is 3.21. The highest BCUT2D eigenvalue weighted by Gasteiger charge is 2.08. The molecule has 0 aromatic heterocycles. The fraction of sp³-hybridized carbons (Fsp3) is 0.294. The van der Waals surface area contributed by atoms with Crippen LogP contribution >= 0.6 is 11.6 Å². The van der Waals surface area contributed by atoms with Gasteiger partial charge in [-0.05, 0) is 49.1 Å². The number of nitrogens with two attached hydrogens (primary N) is 1. The second kappa shape index (κ2) is 7.93. The number of benzene rings is 2. The molecule has 2 aromatic rings. The van der Waals surface area contributed by atoms with E-state index in [-0.39, 0.29) is 6.10 Å². The zero-order valence-electron chi connectivity index (χ0n) is 11.5. The Morgan fingerprint density at radius 2 is 1.70 bits per heavy atom. The number of ether oxygens (including phenoxy) is 1. The number of rotatable bonds is 7. The zero-order valence-corrected chi connectivity index (χ0v) is 12.2. The molecule has 3 heteroatoms. The van der Waals surface area contributed by atoms with Gasteiger partial charge in [0.15, 0.2) is 0 Å². The standard InChI is InChI=1S/C17H20ClNO/c18-15-9-11-16(12-10-15)20-17(13-19)8-4-7-14-5-2-1-3-6-14/h1-3,5-6,9-12,17H,4,7-8,13,19H2. The molecule has 0 spiro atoms. The van der Waals surface area contributed by atoms with E-state index in [1.165, 1.54) is 5.56 Å². The molecule has 2 aromatic carbocycles. The Balaban J connectivity index is 1.79. The van der Waals surface area contributed by atoms with Crippen LogP contribution in [0.15, 0.2) is 54.6 Å². The molecule has 0 fully saturated rings. The van der Waals surface area contributed by atoms with E-state index >= 15 is 0 Å².